The molecule has 160 valence electrons. The first-order valence-electron chi connectivity index (χ1n) is 10.4. The number of hydrogen-bond donors (Lipinski definition) is 3. The van der Waals surface area contributed by atoms with Gasteiger partial charge in [-0.25, -0.2) is 4.98 Å². The van der Waals surface area contributed by atoms with Gasteiger partial charge in [0, 0.05) is 39.4 Å². The molecular formula is C23H25N5O3. The van der Waals surface area contributed by atoms with Crippen molar-refractivity contribution in [2.45, 2.75) is 31.8 Å². The van der Waals surface area contributed by atoms with Crippen LogP contribution in [0.25, 0.3) is 11.0 Å². The molecule has 0 fully saturated rings. The lowest BCUT2D eigenvalue weighted by atomic mass is 10.0. The van der Waals surface area contributed by atoms with Crippen LogP contribution < -0.4 is 16.0 Å². The maximum Gasteiger partial charge on any atom is 0.253 e. The molecule has 31 heavy (non-hydrogen) atoms. The predicted octanol–water partition coefficient (Wildman–Crippen LogP) is 1.19. The van der Waals surface area contributed by atoms with E-state index in [2.05, 4.69) is 20.9 Å². The van der Waals surface area contributed by atoms with Crippen LogP contribution in [0, 0.1) is 0 Å². The molecule has 0 saturated carbocycles. The molecule has 0 radical (unpaired) electrons. The van der Waals surface area contributed by atoms with Crippen molar-refractivity contribution in [1.82, 2.24) is 25.5 Å². The number of nitrogens with zero attached hydrogens (tertiary/aromatic N) is 2. The molecule has 0 bridgehead atoms. The highest BCUT2D eigenvalue weighted by Gasteiger charge is 2.23. The Balaban J connectivity index is 1.47. The number of benzene rings is 2. The number of amides is 3. The molecule has 4 rings (SSSR count). The fraction of sp³-hybridized carbons (Fsp3) is 0.304. The van der Waals surface area contributed by atoms with Crippen LogP contribution in [-0.4, -0.2) is 46.9 Å². The van der Waals surface area contributed by atoms with E-state index in [-0.39, 0.29) is 24.1 Å². The maximum absolute atomic E-state index is 12.7. The monoisotopic (exact) mass is 419 g/mol. The Kier molecular flexibility index (Phi) is 5.97. The molecule has 3 aromatic rings. The summed E-state index contributed by atoms with van der Waals surface area (Å²) in [6, 6.07) is 14.4. The highest BCUT2D eigenvalue weighted by Crippen LogP contribution is 2.23. The molecule has 0 saturated heterocycles. The molecule has 1 atom stereocenters. The Morgan fingerprint density at radius 3 is 2.74 bits per heavy atom. The van der Waals surface area contributed by atoms with Crippen molar-refractivity contribution in [1.29, 1.82) is 0 Å². The Morgan fingerprint density at radius 2 is 1.97 bits per heavy atom. The number of carbonyl (C=O) groups is 3. The standard InChI is InChI=1S/C23H25N5O3/c1-24-23(31)18(14-15-6-3-2-4-7-15)27-20(29)11-10-19-26-17-9-5-8-16-21(17)28(19)13-12-25-22(16)30/h2-9,18H,10-14H2,1H3,(H,24,31)(H,25,30)(H,27,29). The van der Waals surface area contributed by atoms with Crippen LogP contribution in [0.2, 0.25) is 0 Å². The van der Waals surface area contributed by atoms with Crippen molar-refractivity contribution in [3.63, 3.8) is 0 Å². The molecular weight excluding hydrogens is 394 g/mol. The highest BCUT2D eigenvalue weighted by atomic mass is 16.2. The third-order valence-electron chi connectivity index (χ3n) is 5.47. The number of aryl methyl sites for hydroxylation is 1. The number of nitrogens with one attached hydrogen (secondary N) is 3. The Labute approximate surface area is 180 Å². The molecule has 3 N–H and O–H groups in total. The van der Waals surface area contributed by atoms with Crippen LogP contribution >= 0.6 is 0 Å². The number of para-hydroxylation sites is 1. The fourth-order valence-electron chi connectivity index (χ4n) is 3.95. The number of hydrogen-bond acceptors (Lipinski definition) is 4. The zero-order valence-electron chi connectivity index (χ0n) is 17.4. The minimum absolute atomic E-state index is 0.108. The van der Waals surface area contributed by atoms with E-state index in [4.69, 9.17) is 0 Å². The van der Waals surface area contributed by atoms with E-state index in [0.29, 0.717) is 31.5 Å². The van der Waals surface area contributed by atoms with E-state index in [9.17, 15) is 14.4 Å². The van der Waals surface area contributed by atoms with Gasteiger partial charge in [-0.15, -0.1) is 0 Å². The van der Waals surface area contributed by atoms with Crippen LogP contribution in [0.3, 0.4) is 0 Å². The third-order valence-corrected chi connectivity index (χ3v) is 5.47. The first-order valence-corrected chi connectivity index (χ1v) is 10.4. The van der Waals surface area contributed by atoms with Gasteiger partial charge in [-0.2, -0.15) is 0 Å². The number of rotatable bonds is 7. The Hall–Kier alpha value is -3.68. The largest absolute Gasteiger partial charge is 0.357 e. The van der Waals surface area contributed by atoms with Crippen LogP contribution in [-0.2, 0) is 29.0 Å². The van der Waals surface area contributed by atoms with Crippen LogP contribution in [0.15, 0.2) is 48.5 Å². The van der Waals surface area contributed by atoms with Crippen molar-refractivity contribution < 1.29 is 14.4 Å². The molecule has 8 heteroatoms. The van der Waals surface area contributed by atoms with Crippen molar-refractivity contribution in [3.05, 3.63) is 65.5 Å². The summed E-state index contributed by atoms with van der Waals surface area (Å²) in [6.07, 6.45) is 1.03. The predicted molar refractivity (Wildman–Crippen MR) is 117 cm³/mol. The summed E-state index contributed by atoms with van der Waals surface area (Å²) in [4.78, 5) is 41.9. The molecule has 1 aliphatic rings. The van der Waals surface area contributed by atoms with Gasteiger partial charge in [0.25, 0.3) is 5.91 Å². The summed E-state index contributed by atoms with van der Waals surface area (Å²) >= 11 is 0. The molecule has 0 aliphatic carbocycles. The van der Waals surface area contributed by atoms with Gasteiger partial charge in [-0.1, -0.05) is 36.4 Å². The van der Waals surface area contributed by atoms with Gasteiger partial charge in [0.1, 0.15) is 11.9 Å². The Morgan fingerprint density at radius 1 is 1.16 bits per heavy atom. The lowest BCUT2D eigenvalue weighted by molar-refractivity contribution is -0.128. The van der Waals surface area contributed by atoms with Gasteiger partial charge >= 0.3 is 0 Å². The lowest BCUT2D eigenvalue weighted by Gasteiger charge is -2.17. The number of imidazole rings is 1. The van der Waals surface area contributed by atoms with Crippen molar-refractivity contribution >= 4 is 28.8 Å². The Bertz CT molecular complexity index is 1120. The second-order valence-corrected chi connectivity index (χ2v) is 7.53. The minimum Gasteiger partial charge on any atom is -0.357 e. The maximum atomic E-state index is 12.7. The van der Waals surface area contributed by atoms with Gasteiger partial charge in [0.15, 0.2) is 0 Å². The molecule has 2 aromatic carbocycles. The molecule has 1 unspecified atom stereocenters. The van der Waals surface area contributed by atoms with E-state index in [1.165, 1.54) is 0 Å². The molecule has 0 spiro atoms. The minimum atomic E-state index is -0.644. The zero-order valence-corrected chi connectivity index (χ0v) is 17.4. The normalized spacial score (nSPS) is 13.9. The van der Waals surface area contributed by atoms with E-state index >= 15 is 0 Å². The van der Waals surface area contributed by atoms with Gasteiger partial charge in [0.2, 0.25) is 11.8 Å². The quantitative estimate of drug-likeness (QED) is 0.535. The van der Waals surface area contributed by atoms with E-state index < -0.39 is 6.04 Å². The average molecular weight is 419 g/mol. The van der Waals surface area contributed by atoms with Crippen LogP contribution in [0.1, 0.15) is 28.2 Å². The topological polar surface area (TPSA) is 105 Å². The highest BCUT2D eigenvalue weighted by molar-refractivity contribution is 6.05. The van der Waals surface area contributed by atoms with E-state index in [1.807, 2.05) is 47.0 Å². The number of aromatic nitrogens is 2. The summed E-state index contributed by atoms with van der Waals surface area (Å²) in [6.45, 7) is 1.11. The summed E-state index contributed by atoms with van der Waals surface area (Å²) in [5.74, 6) is 0.202. The average Bonchev–Trinajstić information content (AvgIpc) is 3.05. The van der Waals surface area contributed by atoms with Crippen molar-refractivity contribution in [2.24, 2.45) is 0 Å². The molecule has 1 aliphatic heterocycles. The third kappa shape index (κ3) is 4.42. The fourth-order valence-corrected chi connectivity index (χ4v) is 3.95. The molecule has 2 heterocycles. The lowest BCUT2D eigenvalue weighted by Crippen LogP contribution is -2.47. The van der Waals surface area contributed by atoms with Crippen molar-refractivity contribution in [3.8, 4) is 0 Å². The summed E-state index contributed by atoms with van der Waals surface area (Å²) in [5.41, 5.74) is 3.12. The summed E-state index contributed by atoms with van der Waals surface area (Å²) in [7, 11) is 1.56. The van der Waals surface area contributed by atoms with E-state index in [0.717, 1.165) is 22.4 Å². The second-order valence-electron chi connectivity index (χ2n) is 7.53. The first-order chi connectivity index (χ1) is 15.1. The van der Waals surface area contributed by atoms with Gasteiger partial charge < -0.3 is 20.5 Å². The first kappa shape index (κ1) is 20.6. The number of likely N-dealkylation sites (N-methyl/N-ethyl adjacent to an activating group) is 1. The van der Waals surface area contributed by atoms with Gasteiger partial charge in [-0.05, 0) is 17.7 Å². The smallest absolute Gasteiger partial charge is 0.253 e. The zero-order chi connectivity index (χ0) is 21.8. The SMILES string of the molecule is CNC(=O)C(Cc1ccccc1)NC(=O)CCc1nc2cccc3c2n1CCNC3=O. The summed E-state index contributed by atoms with van der Waals surface area (Å²) in [5, 5.41) is 8.35. The van der Waals surface area contributed by atoms with Gasteiger partial charge in [-0.3, -0.25) is 14.4 Å². The van der Waals surface area contributed by atoms with Crippen LogP contribution in [0.5, 0.6) is 0 Å². The second kappa shape index (κ2) is 8.99. The van der Waals surface area contributed by atoms with Gasteiger partial charge in [0.05, 0.1) is 16.6 Å². The molecule has 8 nitrogen and oxygen atoms in total. The van der Waals surface area contributed by atoms with Crippen LogP contribution in [0.4, 0.5) is 0 Å². The molecule has 3 amide bonds. The van der Waals surface area contributed by atoms with Crippen molar-refractivity contribution in [2.75, 3.05) is 13.6 Å². The summed E-state index contributed by atoms with van der Waals surface area (Å²) < 4.78 is 2.01. The molecule has 1 aromatic heterocycles. The van der Waals surface area contributed by atoms with E-state index in [1.54, 1.807) is 13.1 Å². The number of carbonyl (C=O) groups excluding carboxylic acids is 3.